The Labute approximate surface area is 181 Å². The quantitative estimate of drug-likeness (QED) is 0.645. The first kappa shape index (κ1) is 22.2. The van der Waals surface area contributed by atoms with Crippen molar-refractivity contribution in [3.05, 3.63) is 71.6 Å². The molecule has 0 aliphatic heterocycles. The van der Waals surface area contributed by atoms with Crippen LogP contribution in [-0.4, -0.2) is 39.1 Å². The largest absolute Gasteiger partial charge is 0.496 e. The van der Waals surface area contributed by atoms with Crippen LogP contribution in [0.15, 0.2) is 48.5 Å². The average Bonchev–Trinajstić information content (AvgIpc) is 3.15. The number of nitrogens with two attached hydrogens (primary N) is 1. The number of benzene rings is 2. The number of aliphatic hydroxyl groups is 1. The highest BCUT2D eigenvalue weighted by Crippen LogP contribution is 2.33. The zero-order valence-electron chi connectivity index (χ0n) is 16.7. The van der Waals surface area contributed by atoms with E-state index in [1.54, 1.807) is 23.9 Å². The lowest BCUT2D eigenvalue weighted by Gasteiger charge is -2.30. The molecule has 1 heterocycles. The van der Waals surface area contributed by atoms with Gasteiger partial charge in [0.25, 0.3) is 0 Å². The molecule has 0 radical (unpaired) electrons. The molecule has 160 valence electrons. The van der Waals surface area contributed by atoms with Crippen LogP contribution in [0.1, 0.15) is 42.4 Å². The van der Waals surface area contributed by atoms with Gasteiger partial charge in [0.15, 0.2) is 5.82 Å². The smallest absolute Gasteiger partial charge is 0.155 e. The number of rotatable bonds is 5. The molecule has 4 rings (SSSR count). The van der Waals surface area contributed by atoms with E-state index in [1.807, 2.05) is 24.3 Å². The van der Waals surface area contributed by atoms with E-state index in [4.69, 9.17) is 20.6 Å². The summed E-state index contributed by atoms with van der Waals surface area (Å²) in [6, 6.07) is 13.7. The summed E-state index contributed by atoms with van der Waals surface area (Å²) in [4.78, 5) is 4.83. The number of hydrogen-bond acceptors (Lipinski definition) is 5. The standard InChI is InChI=1S/C22H25FN4O2.ClH/c1-29-20-5-3-2-4-14(20)13-21-25-22(15-6-11-19(28)18(24)12-15)27(26-21)17-9-7-16(23)8-10-17;/h2-5,7-10,15,18-19,28H,6,11-13,24H2,1H3;1H/t15-,18+,19+;/m0./s1. The van der Waals surface area contributed by atoms with Gasteiger partial charge < -0.3 is 15.6 Å². The molecule has 0 bridgehead atoms. The molecule has 0 unspecified atom stereocenters. The number of ether oxygens (including phenoxy) is 1. The van der Waals surface area contributed by atoms with Crippen LogP contribution in [0.2, 0.25) is 0 Å². The van der Waals surface area contributed by atoms with Gasteiger partial charge in [-0.1, -0.05) is 18.2 Å². The van der Waals surface area contributed by atoms with Crippen molar-refractivity contribution < 1.29 is 14.2 Å². The Hall–Kier alpha value is -2.48. The van der Waals surface area contributed by atoms with Gasteiger partial charge in [0.2, 0.25) is 0 Å². The zero-order chi connectivity index (χ0) is 20.4. The van der Waals surface area contributed by atoms with Crippen LogP contribution in [0.3, 0.4) is 0 Å². The Balaban J connectivity index is 0.00000256. The average molecular weight is 433 g/mol. The van der Waals surface area contributed by atoms with Crippen LogP contribution in [0.4, 0.5) is 4.39 Å². The summed E-state index contributed by atoms with van der Waals surface area (Å²) in [6.07, 6.45) is 2.08. The summed E-state index contributed by atoms with van der Waals surface area (Å²) in [5, 5.41) is 14.7. The monoisotopic (exact) mass is 432 g/mol. The lowest BCUT2D eigenvalue weighted by molar-refractivity contribution is 0.0989. The maximum absolute atomic E-state index is 13.4. The van der Waals surface area contributed by atoms with E-state index in [9.17, 15) is 9.50 Å². The van der Waals surface area contributed by atoms with Gasteiger partial charge in [-0.05, 0) is 49.6 Å². The molecule has 6 nitrogen and oxygen atoms in total. The van der Waals surface area contributed by atoms with Crippen molar-refractivity contribution in [3.8, 4) is 11.4 Å². The fraction of sp³-hybridized carbons (Fsp3) is 0.364. The van der Waals surface area contributed by atoms with Crippen molar-refractivity contribution in [1.82, 2.24) is 14.8 Å². The maximum Gasteiger partial charge on any atom is 0.155 e. The SMILES string of the molecule is COc1ccccc1Cc1nc([C@H]2CC[C@@H](O)[C@H](N)C2)n(-c2ccc(F)cc2)n1.Cl. The first-order valence-electron chi connectivity index (χ1n) is 9.82. The molecule has 3 N–H and O–H groups in total. The third-order valence-corrected chi connectivity index (χ3v) is 5.52. The van der Waals surface area contributed by atoms with Crippen LogP contribution in [0, 0.1) is 5.82 Å². The predicted molar refractivity (Wildman–Crippen MR) is 115 cm³/mol. The molecular weight excluding hydrogens is 407 g/mol. The molecule has 2 aromatic carbocycles. The van der Waals surface area contributed by atoms with Gasteiger partial charge in [-0.25, -0.2) is 14.1 Å². The van der Waals surface area contributed by atoms with Crippen LogP contribution in [0.25, 0.3) is 5.69 Å². The number of nitrogens with zero attached hydrogens (tertiary/aromatic N) is 3. The molecule has 30 heavy (non-hydrogen) atoms. The van der Waals surface area contributed by atoms with E-state index in [0.29, 0.717) is 25.1 Å². The predicted octanol–water partition coefficient (Wildman–Crippen LogP) is 3.38. The Morgan fingerprint density at radius 1 is 1.17 bits per heavy atom. The summed E-state index contributed by atoms with van der Waals surface area (Å²) >= 11 is 0. The number of aliphatic hydroxyl groups excluding tert-OH is 1. The minimum atomic E-state index is -0.485. The fourth-order valence-electron chi connectivity index (χ4n) is 3.92. The van der Waals surface area contributed by atoms with Crippen LogP contribution in [0.5, 0.6) is 5.75 Å². The minimum Gasteiger partial charge on any atom is -0.496 e. The lowest BCUT2D eigenvalue weighted by atomic mass is 9.83. The number of methoxy groups -OCH3 is 1. The number of hydrogen-bond donors (Lipinski definition) is 2. The summed E-state index contributed by atoms with van der Waals surface area (Å²) in [6.45, 7) is 0. The van der Waals surface area contributed by atoms with Crippen LogP contribution < -0.4 is 10.5 Å². The highest BCUT2D eigenvalue weighted by atomic mass is 35.5. The van der Waals surface area contributed by atoms with Gasteiger partial charge in [-0.3, -0.25) is 0 Å². The van der Waals surface area contributed by atoms with E-state index in [-0.39, 0.29) is 30.2 Å². The molecule has 1 aliphatic rings. The number of halogens is 2. The van der Waals surface area contributed by atoms with Crippen molar-refractivity contribution in [2.24, 2.45) is 5.73 Å². The maximum atomic E-state index is 13.4. The van der Waals surface area contributed by atoms with Crippen LogP contribution in [-0.2, 0) is 6.42 Å². The van der Waals surface area contributed by atoms with Gasteiger partial charge >= 0.3 is 0 Å². The fourth-order valence-corrected chi connectivity index (χ4v) is 3.92. The molecule has 0 spiro atoms. The third-order valence-electron chi connectivity index (χ3n) is 5.52. The van der Waals surface area contributed by atoms with Crippen molar-refractivity contribution in [1.29, 1.82) is 0 Å². The van der Waals surface area contributed by atoms with Gasteiger partial charge in [-0.15, -0.1) is 12.4 Å². The second kappa shape index (κ2) is 9.55. The Bertz CT molecular complexity index is 980. The summed E-state index contributed by atoms with van der Waals surface area (Å²) in [7, 11) is 1.64. The van der Waals surface area contributed by atoms with Gasteiger partial charge in [-0.2, -0.15) is 5.10 Å². The minimum absolute atomic E-state index is 0. The Morgan fingerprint density at radius 3 is 2.60 bits per heavy atom. The van der Waals surface area contributed by atoms with E-state index in [1.165, 1.54) is 12.1 Å². The Morgan fingerprint density at radius 2 is 1.90 bits per heavy atom. The summed E-state index contributed by atoms with van der Waals surface area (Å²) < 4.78 is 20.6. The number of para-hydroxylation sites is 1. The Kier molecular flexibility index (Phi) is 7.07. The molecule has 3 aromatic rings. The summed E-state index contributed by atoms with van der Waals surface area (Å²) in [5.41, 5.74) is 7.85. The molecular formula is C22H26ClFN4O2. The van der Waals surface area contributed by atoms with Crippen LogP contribution >= 0.6 is 12.4 Å². The van der Waals surface area contributed by atoms with Crippen molar-refractivity contribution in [2.75, 3.05) is 7.11 Å². The third kappa shape index (κ3) is 4.64. The molecule has 1 aromatic heterocycles. The van der Waals surface area contributed by atoms with E-state index in [0.717, 1.165) is 29.2 Å². The molecule has 0 amide bonds. The van der Waals surface area contributed by atoms with Gasteiger partial charge in [0.05, 0.1) is 18.9 Å². The topological polar surface area (TPSA) is 86.2 Å². The number of aromatic nitrogens is 3. The zero-order valence-corrected chi connectivity index (χ0v) is 17.6. The highest BCUT2D eigenvalue weighted by molar-refractivity contribution is 5.85. The van der Waals surface area contributed by atoms with Crippen molar-refractivity contribution in [3.63, 3.8) is 0 Å². The second-order valence-electron chi connectivity index (χ2n) is 7.50. The van der Waals surface area contributed by atoms with Crippen molar-refractivity contribution >= 4 is 12.4 Å². The van der Waals surface area contributed by atoms with E-state index in [2.05, 4.69) is 0 Å². The molecule has 3 atom stereocenters. The molecule has 0 saturated heterocycles. The second-order valence-corrected chi connectivity index (χ2v) is 7.50. The highest BCUT2D eigenvalue weighted by Gasteiger charge is 2.31. The first-order chi connectivity index (χ1) is 14.0. The molecule has 1 aliphatic carbocycles. The lowest BCUT2D eigenvalue weighted by Crippen LogP contribution is -2.40. The molecule has 1 fully saturated rings. The summed E-state index contributed by atoms with van der Waals surface area (Å²) in [5.74, 6) is 2.03. The molecule has 1 saturated carbocycles. The molecule has 8 heteroatoms. The van der Waals surface area contributed by atoms with Gasteiger partial charge in [0.1, 0.15) is 17.4 Å². The van der Waals surface area contributed by atoms with E-state index < -0.39 is 6.10 Å². The van der Waals surface area contributed by atoms with Gasteiger partial charge in [0, 0.05) is 23.9 Å². The van der Waals surface area contributed by atoms with E-state index >= 15 is 0 Å². The van der Waals surface area contributed by atoms with Crippen molar-refractivity contribution in [2.45, 2.75) is 43.7 Å². The first-order valence-corrected chi connectivity index (χ1v) is 9.82. The normalized spacial score (nSPS) is 21.1.